The highest BCUT2D eigenvalue weighted by Crippen LogP contribution is 2.37. The van der Waals surface area contributed by atoms with Crippen molar-refractivity contribution >= 4 is 12.0 Å². The molecule has 0 radical (unpaired) electrons. The van der Waals surface area contributed by atoms with Gasteiger partial charge in [-0.1, -0.05) is 30.3 Å². The standard InChI is InChI=1S/C16H16F6N2O3/c17-15(18,19)11-8-24(7-10(11)13(25)26)14(27)23-12(16(20,21)22)6-9-4-2-1-3-5-9/h1-5,10-12H,6-8H2,(H,23,27)(H,25,26)/t10-,11-,12?/m1/s1. The van der Waals surface area contributed by atoms with Crippen molar-refractivity contribution in [2.45, 2.75) is 24.8 Å². The first-order chi connectivity index (χ1) is 12.4. The predicted octanol–water partition coefficient (Wildman–Crippen LogP) is 3.06. The Labute approximate surface area is 149 Å². The summed E-state index contributed by atoms with van der Waals surface area (Å²) in [5, 5.41) is 10.6. The highest BCUT2D eigenvalue weighted by Gasteiger charge is 2.54. The number of aliphatic carboxylic acids is 1. The van der Waals surface area contributed by atoms with Crippen LogP contribution in [0.1, 0.15) is 5.56 Å². The lowest BCUT2D eigenvalue weighted by Gasteiger charge is -2.25. The summed E-state index contributed by atoms with van der Waals surface area (Å²) < 4.78 is 78.5. The number of benzene rings is 1. The van der Waals surface area contributed by atoms with Gasteiger partial charge in [0.05, 0.1) is 11.8 Å². The number of carbonyl (C=O) groups is 2. The number of halogens is 6. The van der Waals surface area contributed by atoms with Crippen molar-refractivity contribution in [3.05, 3.63) is 35.9 Å². The molecule has 1 saturated heterocycles. The molecule has 0 spiro atoms. The van der Waals surface area contributed by atoms with E-state index in [4.69, 9.17) is 5.11 Å². The molecule has 2 rings (SSSR count). The lowest BCUT2D eigenvalue weighted by atomic mass is 9.96. The second-order valence-electron chi connectivity index (χ2n) is 6.23. The van der Waals surface area contributed by atoms with Crippen molar-refractivity contribution < 1.29 is 41.0 Å². The lowest BCUT2D eigenvalue weighted by Crippen LogP contribution is -2.51. The molecule has 1 fully saturated rings. The quantitative estimate of drug-likeness (QED) is 0.766. The van der Waals surface area contributed by atoms with Gasteiger partial charge in [0.1, 0.15) is 6.04 Å². The van der Waals surface area contributed by atoms with Crippen LogP contribution in [0.2, 0.25) is 0 Å². The Kier molecular flexibility index (Phi) is 5.91. The molecule has 3 atom stereocenters. The monoisotopic (exact) mass is 398 g/mol. The molecular weight excluding hydrogens is 382 g/mol. The number of likely N-dealkylation sites (tertiary alicyclic amines) is 1. The molecule has 27 heavy (non-hydrogen) atoms. The van der Waals surface area contributed by atoms with E-state index >= 15 is 0 Å². The Balaban J connectivity index is 2.12. The minimum absolute atomic E-state index is 0.276. The van der Waals surface area contributed by atoms with E-state index in [0.717, 1.165) is 0 Å². The molecule has 5 nitrogen and oxygen atoms in total. The van der Waals surface area contributed by atoms with E-state index in [9.17, 15) is 35.9 Å². The Morgan fingerprint density at radius 3 is 2.15 bits per heavy atom. The first kappa shape index (κ1) is 20.8. The van der Waals surface area contributed by atoms with E-state index in [-0.39, 0.29) is 5.56 Å². The summed E-state index contributed by atoms with van der Waals surface area (Å²) in [4.78, 5) is 23.6. The minimum Gasteiger partial charge on any atom is -0.481 e. The summed E-state index contributed by atoms with van der Waals surface area (Å²) in [6.07, 6.45) is -10.3. The first-order valence-electron chi connectivity index (χ1n) is 7.85. The van der Waals surface area contributed by atoms with Crippen molar-refractivity contribution in [1.82, 2.24) is 10.2 Å². The van der Waals surface area contributed by atoms with Crippen molar-refractivity contribution in [3.8, 4) is 0 Å². The topological polar surface area (TPSA) is 69.6 Å². The number of hydrogen-bond donors (Lipinski definition) is 2. The van der Waals surface area contributed by atoms with Gasteiger partial charge in [0, 0.05) is 19.5 Å². The summed E-state index contributed by atoms with van der Waals surface area (Å²) in [5.74, 6) is -6.02. The van der Waals surface area contributed by atoms with Gasteiger partial charge < -0.3 is 15.3 Å². The summed E-state index contributed by atoms with van der Waals surface area (Å²) in [6, 6.07) is 3.75. The third-order valence-electron chi connectivity index (χ3n) is 4.32. The second-order valence-corrected chi connectivity index (χ2v) is 6.23. The Morgan fingerprint density at radius 1 is 1.11 bits per heavy atom. The summed E-state index contributed by atoms with van der Waals surface area (Å²) in [6.45, 7) is -1.83. The molecule has 0 saturated carbocycles. The molecule has 1 unspecified atom stereocenters. The first-order valence-corrected chi connectivity index (χ1v) is 7.85. The van der Waals surface area contributed by atoms with Crippen molar-refractivity contribution in [2.75, 3.05) is 13.1 Å². The molecule has 1 aliphatic rings. The maximum Gasteiger partial charge on any atom is 0.408 e. The van der Waals surface area contributed by atoms with Gasteiger partial charge in [0.2, 0.25) is 0 Å². The summed E-state index contributed by atoms with van der Waals surface area (Å²) >= 11 is 0. The number of carbonyl (C=O) groups excluding carboxylic acids is 1. The number of urea groups is 1. The zero-order chi connectivity index (χ0) is 20.4. The van der Waals surface area contributed by atoms with Gasteiger partial charge in [-0.15, -0.1) is 0 Å². The van der Waals surface area contributed by atoms with Crippen LogP contribution in [0.25, 0.3) is 0 Å². The van der Waals surface area contributed by atoms with E-state index in [1.54, 1.807) is 11.4 Å². The summed E-state index contributed by atoms with van der Waals surface area (Å²) in [7, 11) is 0. The zero-order valence-electron chi connectivity index (χ0n) is 13.7. The maximum atomic E-state index is 13.2. The molecule has 11 heteroatoms. The Bertz CT molecular complexity index is 677. The fourth-order valence-corrected chi connectivity index (χ4v) is 2.89. The zero-order valence-corrected chi connectivity index (χ0v) is 13.7. The van der Waals surface area contributed by atoms with Crippen molar-refractivity contribution in [1.29, 1.82) is 0 Å². The molecule has 1 heterocycles. The van der Waals surface area contributed by atoms with Crippen molar-refractivity contribution in [3.63, 3.8) is 0 Å². The van der Waals surface area contributed by atoms with Gasteiger partial charge in [-0.05, 0) is 5.56 Å². The molecule has 2 N–H and O–H groups in total. The van der Waals surface area contributed by atoms with Crippen LogP contribution in [-0.4, -0.2) is 53.5 Å². The third-order valence-corrected chi connectivity index (χ3v) is 4.32. The molecule has 1 aromatic rings. The molecule has 1 aliphatic heterocycles. The lowest BCUT2D eigenvalue weighted by molar-refractivity contribution is -0.187. The van der Waals surface area contributed by atoms with Crippen LogP contribution < -0.4 is 5.32 Å². The van der Waals surface area contributed by atoms with Crippen LogP contribution in [0.15, 0.2) is 30.3 Å². The van der Waals surface area contributed by atoms with Crippen LogP contribution in [0.3, 0.4) is 0 Å². The van der Waals surface area contributed by atoms with E-state index in [0.29, 0.717) is 4.90 Å². The smallest absolute Gasteiger partial charge is 0.408 e. The average molecular weight is 398 g/mol. The highest BCUT2D eigenvalue weighted by molar-refractivity contribution is 5.78. The maximum absolute atomic E-state index is 13.2. The largest absolute Gasteiger partial charge is 0.481 e. The fourth-order valence-electron chi connectivity index (χ4n) is 2.89. The molecule has 0 bridgehead atoms. The Morgan fingerprint density at radius 2 is 1.70 bits per heavy atom. The SMILES string of the molecule is O=C(O)[C@@H]1CN(C(=O)NC(Cc2ccccc2)C(F)(F)F)C[C@H]1C(F)(F)F. The number of amides is 2. The number of carboxylic acids is 1. The van der Waals surface area contributed by atoms with Gasteiger partial charge in [0.25, 0.3) is 0 Å². The van der Waals surface area contributed by atoms with Crippen LogP contribution in [-0.2, 0) is 11.2 Å². The van der Waals surface area contributed by atoms with E-state index in [1.807, 2.05) is 0 Å². The molecule has 150 valence electrons. The van der Waals surface area contributed by atoms with Crippen LogP contribution >= 0.6 is 0 Å². The fraction of sp³-hybridized carbons (Fsp3) is 0.500. The van der Waals surface area contributed by atoms with Gasteiger partial charge in [-0.3, -0.25) is 4.79 Å². The molecule has 2 amide bonds. The third kappa shape index (κ3) is 5.27. The molecule has 0 aliphatic carbocycles. The van der Waals surface area contributed by atoms with E-state index in [2.05, 4.69) is 0 Å². The van der Waals surface area contributed by atoms with Gasteiger partial charge >= 0.3 is 24.4 Å². The van der Waals surface area contributed by atoms with E-state index < -0.39 is 61.7 Å². The molecule has 1 aromatic carbocycles. The van der Waals surface area contributed by atoms with Crippen LogP contribution in [0.5, 0.6) is 0 Å². The van der Waals surface area contributed by atoms with Gasteiger partial charge in [0.15, 0.2) is 0 Å². The second kappa shape index (κ2) is 7.65. The van der Waals surface area contributed by atoms with Gasteiger partial charge in [-0.2, -0.15) is 26.3 Å². The number of alkyl halides is 6. The average Bonchev–Trinajstić information content (AvgIpc) is 3.00. The van der Waals surface area contributed by atoms with Crippen molar-refractivity contribution in [2.24, 2.45) is 11.8 Å². The number of nitrogens with one attached hydrogen (secondary N) is 1. The Hall–Kier alpha value is -2.46. The number of rotatable bonds is 4. The number of nitrogens with zero attached hydrogens (tertiary/aromatic N) is 1. The molecular formula is C16H16F6N2O3. The number of carboxylic acid groups (broad SMARTS) is 1. The summed E-state index contributed by atoms with van der Waals surface area (Å²) in [5.41, 5.74) is 0.276. The molecule has 0 aromatic heterocycles. The minimum atomic E-state index is -4.88. The number of hydrogen-bond acceptors (Lipinski definition) is 2. The highest BCUT2D eigenvalue weighted by atomic mass is 19.4. The van der Waals surface area contributed by atoms with Gasteiger partial charge in [-0.25, -0.2) is 4.79 Å². The van der Waals surface area contributed by atoms with E-state index in [1.165, 1.54) is 24.3 Å². The van der Waals surface area contributed by atoms with Crippen LogP contribution in [0.4, 0.5) is 31.1 Å². The normalized spacial score (nSPS) is 21.8. The predicted molar refractivity (Wildman–Crippen MR) is 80.8 cm³/mol. The van der Waals surface area contributed by atoms with Crippen LogP contribution in [0, 0.1) is 11.8 Å².